The van der Waals surface area contributed by atoms with Crippen molar-refractivity contribution in [3.05, 3.63) is 23.0 Å². The number of rotatable bonds is 3. The summed E-state index contributed by atoms with van der Waals surface area (Å²) in [5, 5.41) is 3.32. The van der Waals surface area contributed by atoms with E-state index in [9.17, 15) is 4.79 Å². The molecule has 19 heavy (non-hydrogen) atoms. The number of hydrogen-bond acceptors (Lipinski definition) is 2. The van der Waals surface area contributed by atoms with E-state index < -0.39 is 0 Å². The Morgan fingerprint density at radius 3 is 2.68 bits per heavy atom. The zero-order valence-electron chi connectivity index (χ0n) is 12.1. The first kappa shape index (κ1) is 12.7. The maximum Gasteiger partial charge on any atom is 0.255 e. The van der Waals surface area contributed by atoms with E-state index in [1.54, 1.807) is 0 Å². The van der Waals surface area contributed by atoms with Crippen molar-refractivity contribution in [3.63, 3.8) is 0 Å². The third-order valence-corrected chi connectivity index (χ3v) is 4.53. The van der Waals surface area contributed by atoms with Crippen LogP contribution in [0.1, 0.15) is 47.1 Å². The summed E-state index contributed by atoms with van der Waals surface area (Å²) in [6.07, 6.45) is 3.57. The minimum Gasteiger partial charge on any atom is -0.345 e. The van der Waals surface area contributed by atoms with Crippen LogP contribution in [0.4, 0.5) is 0 Å². The summed E-state index contributed by atoms with van der Waals surface area (Å²) >= 11 is 0. The minimum absolute atomic E-state index is 0.175. The maximum absolute atomic E-state index is 12.6. The molecule has 1 aliphatic carbocycles. The monoisotopic (exact) mass is 261 g/mol. The molecular weight excluding hydrogens is 238 g/mol. The predicted molar refractivity (Wildman–Crippen MR) is 75.5 cm³/mol. The van der Waals surface area contributed by atoms with Gasteiger partial charge in [-0.1, -0.05) is 0 Å². The van der Waals surface area contributed by atoms with E-state index in [1.165, 1.54) is 18.5 Å². The Morgan fingerprint density at radius 2 is 2.11 bits per heavy atom. The Kier molecular flexibility index (Phi) is 3.13. The van der Waals surface area contributed by atoms with Crippen molar-refractivity contribution in [1.82, 2.24) is 14.8 Å². The normalized spacial score (nSPS) is 22.8. The number of likely N-dealkylation sites (N-methyl/N-ethyl adjacent to an activating group) is 1. The average molecular weight is 261 g/mol. The van der Waals surface area contributed by atoms with E-state index in [1.807, 2.05) is 11.9 Å². The molecule has 0 aromatic carbocycles. The van der Waals surface area contributed by atoms with E-state index in [0.717, 1.165) is 30.8 Å². The van der Waals surface area contributed by atoms with Crippen LogP contribution in [0.5, 0.6) is 0 Å². The fraction of sp³-hybridized carbons (Fsp3) is 0.667. The van der Waals surface area contributed by atoms with Crippen LogP contribution in [0.15, 0.2) is 6.07 Å². The zero-order chi connectivity index (χ0) is 13.6. The second kappa shape index (κ2) is 4.67. The van der Waals surface area contributed by atoms with Gasteiger partial charge in [0.05, 0.1) is 5.56 Å². The summed E-state index contributed by atoms with van der Waals surface area (Å²) in [5.41, 5.74) is 3.25. The molecule has 0 spiro atoms. The maximum atomic E-state index is 12.6. The number of aryl methyl sites for hydroxylation is 1. The second-order valence-electron chi connectivity index (χ2n) is 5.95. The highest BCUT2D eigenvalue weighted by Crippen LogP contribution is 2.38. The van der Waals surface area contributed by atoms with Crippen LogP contribution < -0.4 is 5.32 Å². The molecule has 0 radical (unpaired) electrons. The van der Waals surface area contributed by atoms with Gasteiger partial charge in [-0.2, -0.15) is 0 Å². The van der Waals surface area contributed by atoms with Crippen molar-refractivity contribution in [1.29, 1.82) is 0 Å². The molecule has 3 rings (SSSR count). The molecule has 104 valence electrons. The first-order chi connectivity index (χ1) is 9.09. The molecule has 2 fully saturated rings. The Hall–Kier alpha value is -1.29. The molecule has 4 nitrogen and oxygen atoms in total. The quantitative estimate of drug-likeness (QED) is 0.902. The number of carbonyl (C=O) groups excluding carboxylic acids is 1. The topological polar surface area (TPSA) is 37.3 Å². The van der Waals surface area contributed by atoms with Crippen LogP contribution in [0.2, 0.25) is 0 Å². The number of nitrogens with one attached hydrogen (secondary N) is 1. The van der Waals surface area contributed by atoms with Gasteiger partial charge >= 0.3 is 0 Å². The molecule has 1 atom stereocenters. The molecule has 0 bridgehead atoms. The fourth-order valence-corrected chi connectivity index (χ4v) is 3.21. The molecule has 2 heterocycles. The second-order valence-corrected chi connectivity index (χ2v) is 5.95. The lowest BCUT2D eigenvalue weighted by Crippen LogP contribution is -2.38. The largest absolute Gasteiger partial charge is 0.345 e. The van der Waals surface area contributed by atoms with Crippen molar-refractivity contribution < 1.29 is 4.79 Å². The van der Waals surface area contributed by atoms with Crippen LogP contribution >= 0.6 is 0 Å². The van der Waals surface area contributed by atoms with Gasteiger partial charge in [0.2, 0.25) is 0 Å². The van der Waals surface area contributed by atoms with Gasteiger partial charge in [-0.05, 0) is 45.7 Å². The van der Waals surface area contributed by atoms with Crippen LogP contribution in [0, 0.1) is 13.8 Å². The summed E-state index contributed by atoms with van der Waals surface area (Å²) < 4.78 is 2.34. The Balaban J connectivity index is 1.84. The van der Waals surface area contributed by atoms with Crippen molar-refractivity contribution in [2.45, 2.75) is 45.2 Å². The van der Waals surface area contributed by atoms with Gasteiger partial charge < -0.3 is 14.8 Å². The number of carbonyl (C=O) groups is 1. The minimum atomic E-state index is 0.175. The highest BCUT2D eigenvalue weighted by Gasteiger charge is 2.30. The molecular formula is C15H23N3O. The van der Waals surface area contributed by atoms with Gasteiger partial charge in [0.15, 0.2) is 0 Å². The Labute approximate surface area is 114 Å². The highest BCUT2D eigenvalue weighted by atomic mass is 16.2. The van der Waals surface area contributed by atoms with E-state index >= 15 is 0 Å². The molecule has 1 saturated carbocycles. The number of nitrogens with zero attached hydrogens (tertiary/aromatic N) is 2. The molecule has 1 aromatic rings. The number of hydrogen-bond donors (Lipinski definition) is 1. The van der Waals surface area contributed by atoms with E-state index in [2.05, 4.69) is 29.8 Å². The van der Waals surface area contributed by atoms with Crippen LogP contribution in [0.25, 0.3) is 0 Å². The highest BCUT2D eigenvalue weighted by molar-refractivity contribution is 5.95. The third-order valence-electron chi connectivity index (χ3n) is 4.53. The van der Waals surface area contributed by atoms with E-state index in [4.69, 9.17) is 0 Å². The van der Waals surface area contributed by atoms with Crippen molar-refractivity contribution in [2.24, 2.45) is 0 Å². The summed E-state index contributed by atoms with van der Waals surface area (Å²) in [6, 6.07) is 3.05. The third kappa shape index (κ3) is 2.18. The molecule has 1 aromatic heterocycles. The lowest BCUT2D eigenvalue weighted by molar-refractivity contribution is 0.0743. The fourth-order valence-electron chi connectivity index (χ4n) is 3.21. The molecule has 2 aliphatic rings. The smallest absolute Gasteiger partial charge is 0.255 e. The van der Waals surface area contributed by atoms with Gasteiger partial charge in [-0.3, -0.25) is 4.79 Å². The molecule has 1 amide bonds. The molecule has 1 saturated heterocycles. The van der Waals surface area contributed by atoms with E-state index in [0.29, 0.717) is 12.1 Å². The van der Waals surface area contributed by atoms with Gasteiger partial charge in [0.25, 0.3) is 5.91 Å². The van der Waals surface area contributed by atoms with Crippen LogP contribution in [-0.4, -0.2) is 41.6 Å². The van der Waals surface area contributed by atoms with Crippen molar-refractivity contribution in [2.75, 3.05) is 20.1 Å². The standard InChI is InChI=1S/C15H23N3O/c1-10-8-14(11(2)18(10)12-4-5-12)15(19)17(3)13-6-7-16-9-13/h8,12-13,16H,4-7,9H2,1-3H3/t13-/m0/s1. The Morgan fingerprint density at radius 1 is 1.37 bits per heavy atom. The van der Waals surface area contributed by atoms with Crippen molar-refractivity contribution in [3.8, 4) is 0 Å². The molecule has 0 unspecified atom stereocenters. The van der Waals surface area contributed by atoms with Gasteiger partial charge in [0.1, 0.15) is 0 Å². The SMILES string of the molecule is Cc1cc(C(=O)N(C)[C@H]2CCNC2)c(C)n1C1CC1. The number of amides is 1. The molecule has 1 aliphatic heterocycles. The predicted octanol–water partition coefficient (Wildman–Crippen LogP) is 1.87. The zero-order valence-corrected chi connectivity index (χ0v) is 12.1. The first-order valence-corrected chi connectivity index (χ1v) is 7.26. The van der Waals surface area contributed by atoms with Gasteiger partial charge in [0, 0.05) is 37.1 Å². The summed E-state index contributed by atoms with van der Waals surface area (Å²) in [5.74, 6) is 0.175. The van der Waals surface area contributed by atoms with E-state index in [-0.39, 0.29) is 5.91 Å². The average Bonchev–Trinajstić information content (AvgIpc) is 2.97. The van der Waals surface area contributed by atoms with Gasteiger partial charge in [-0.15, -0.1) is 0 Å². The summed E-state index contributed by atoms with van der Waals surface area (Å²) in [4.78, 5) is 14.6. The molecule has 1 N–H and O–H groups in total. The van der Waals surface area contributed by atoms with Gasteiger partial charge in [-0.25, -0.2) is 0 Å². The van der Waals surface area contributed by atoms with Crippen LogP contribution in [-0.2, 0) is 0 Å². The first-order valence-electron chi connectivity index (χ1n) is 7.26. The number of aromatic nitrogens is 1. The Bertz CT molecular complexity index is 496. The summed E-state index contributed by atoms with van der Waals surface area (Å²) in [7, 11) is 1.93. The van der Waals surface area contributed by atoms with Crippen molar-refractivity contribution >= 4 is 5.91 Å². The lowest BCUT2D eigenvalue weighted by atomic mass is 10.1. The summed E-state index contributed by atoms with van der Waals surface area (Å²) in [6.45, 7) is 6.13. The lowest BCUT2D eigenvalue weighted by Gasteiger charge is -2.23. The molecule has 4 heteroatoms. The van der Waals surface area contributed by atoms with Crippen LogP contribution in [0.3, 0.4) is 0 Å².